The van der Waals surface area contributed by atoms with Crippen LogP contribution in [0.5, 0.6) is 0 Å². The molecule has 0 aliphatic carbocycles. The maximum atomic E-state index is 12.3. The molecule has 0 heterocycles. The number of benzene rings is 2. The van der Waals surface area contributed by atoms with E-state index in [-0.39, 0.29) is 35.1 Å². The molecule has 0 aliphatic heterocycles. The molecule has 2 rings (SSSR count). The first-order chi connectivity index (χ1) is 12.4. The van der Waals surface area contributed by atoms with Crippen molar-refractivity contribution in [2.45, 2.75) is 24.8 Å². The number of rotatable bonds is 8. The van der Waals surface area contributed by atoms with Crippen molar-refractivity contribution in [2.24, 2.45) is 0 Å². The van der Waals surface area contributed by atoms with Crippen LogP contribution in [0.2, 0.25) is 0 Å². The van der Waals surface area contributed by atoms with Crippen LogP contribution >= 0.6 is 0 Å². The molecule has 2 amide bonds. The zero-order chi connectivity index (χ0) is 19.0. The van der Waals surface area contributed by atoms with Crippen LogP contribution in [0, 0.1) is 0 Å². The normalized spacial score (nSPS) is 11.0. The van der Waals surface area contributed by atoms with Crippen LogP contribution < -0.4 is 10.6 Å². The minimum absolute atomic E-state index is 0.00790. The second-order valence-corrected chi connectivity index (χ2v) is 7.91. The Morgan fingerprint density at radius 3 is 2.27 bits per heavy atom. The third-order valence-electron chi connectivity index (χ3n) is 3.82. The molecular weight excluding hydrogens is 352 g/mol. The van der Waals surface area contributed by atoms with Crippen LogP contribution in [0.15, 0.2) is 59.5 Å². The van der Waals surface area contributed by atoms with Gasteiger partial charge in [-0.25, -0.2) is 8.42 Å². The zero-order valence-electron chi connectivity index (χ0n) is 14.6. The molecule has 6 nitrogen and oxygen atoms in total. The van der Waals surface area contributed by atoms with Gasteiger partial charge in [-0.2, -0.15) is 0 Å². The molecule has 0 fully saturated rings. The summed E-state index contributed by atoms with van der Waals surface area (Å²) in [6, 6.07) is 15.6. The molecule has 0 unspecified atom stereocenters. The van der Waals surface area contributed by atoms with Crippen molar-refractivity contribution in [3.05, 3.63) is 65.7 Å². The Balaban J connectivity index is 1.87. The smallest absolute Gasteiger partial charge is 0.252 e. The zero-order valence-corrected chi connectivity index (χ0v) is 15.4. The predicted molar refractivity (Wildman–Crippen MR) is 99.4 cm³/mol. The molecule has 0 aromatic heterocycles. The molecular formula is C19H22N2O4S. The number of amides is 2. The Morgan fingerprint density at radius 1 is 0.923 bits per heavy atom. The lowest BCUT2D eigenvalue weighted by Gasteiger charge is -2.10. The summed E-state index contributed by atoms with van der Waals surface area (Å²) in [7, 11) is -3.49. The van der Waals surface area contributed by atoms with Crippen molar-refractivity contribution in [2.75, 3.05) is 12.3 Å². The molecule has 0 saturated carbocycles. The number of hydrogen-bond acceptors (Lipinski definition) is 4. The number of hydrogen-bond donors (Lipinski definition) is 2. The van der Waals surface area contributed by atoms with Gasteiger partial charge in [0.25, 0.3) is 5.91 Å². The molecule has 0 atom stereocenters. The summed E-state index contributed by atoms with van der Waals surface area (Å²) < 4.78 is 24.2. The molecule has 0 radical (unpaired) electrons. The van der Waals surface area contributed by atoms with Gasteiger partial charge < -0.3 is 10.6 Å². The average molecular weight is 374 g/mol. The summed E-state index contributed by atoms with van der Waals surface area (Å²) in [4.78, 5) is 24.1. The van der Waals surface area contributed by atoms with Crippen LogP contribution in [0.1, 0.15) is 29.3 Å². The molecule has 0 bridgehead atoms. The maximum Gasteiger partial charge on any atom is 0.252 e. The van der Waals surface area contributed by atoms with Gasteiger partial charge in [0.2, 0.25) is 5.91 Å². The van der Waals surface area contributed by atoms with Crippen LogP contribution in [0.25, 0.3) is 0 Å². The van der Waals surface area contributed by atoms with Crippen molar-refractivity contribution in [1.29, 1.82) is 0 Å². The average Bonchev–Trinajstić information content (AvgIpc) is 2.67. The lowest BCUT2D eigenvalue weighted by molar-refractivity contribution is -0.121. The van der Waals surface area contributed by atoms with Crippen molar-refractivity contribution >= 4 is 21.7 Å². The van der Waals surface area contributed by atoms with E-state index in [4.69, 9.17) is 0 Å². The minimum atomic E-state index is -3.49. The van der Waals surface area contributed by atoms with E-state index in [0.29, 0.717) is 6.54 Å². The van der Waals surface area contributed by atoms with Gasteiger partial charge in [-0.05, 0) is 17.7 Å². The second-order valence-electron chi connectivity index (χ2n) is 5.67. The van der Waals surface area contributed by atoms with E-state index in [1.54, 1.807) is 12.1 Å². The molecule has 0 spiro atoms. The lowest BCUT2D eigenvalue weighted by Crippen LogP contribution is -2.31. The highest BCUT2D eigenvalue weighted by Crippen LogP contribution is 2.16. The molecule has 0 saturated heterocycles. The van der Waals surface area contributed by atoms with E-state index >= 15 is 0 Å². The van der Waals surface area contributed by atoms with Crippen LogP contribution in [-0.2, 0) is 21.2 Å². The fourth-order valence-electron chi connectivity index (χ4n) is 2.35. The third kappa shape index (κ3) is 5.42. The van der Waals surface area contributed by atoms with Crippen molar-refractivity contribution < 1.29 is 18.0 Å². The second kappa shape index (κ2) is 9.15. The maximum absolute atomic E-state index is 12.3. The van der Waals surface area contributed by atoms with Gasteiger partial charge in [-0.3, -0.25) is 9.59 Å². The fraction of sp³-hybridized carbons (Fsp3) is 0.263. The lowest BCUT2D eigenvalue weighted by atomic mass is 10.2. The topological polar surface area (TPSA) is 92.3 Å². The largest absolute Gasteiger partial charge is 0.352 e. The van der Waals surface area contributed by atoms with Crippen LogP contribution in [-0.4, -0.2) is 32.5 Å². The first-order valence-corrected chi connectivity index (χ1v) is 10.00. The summed E-state index contributed by atoms with van der Waals surface area (Å²) >= 11 is 0. The summed E-state index contributed by atoms with van der Waals surface area (Å²) in [5.41, 5.74) is 1.09. The summed E-state index contributed by atoms with van der Waals surface area (Å²) in [6.45, 7) is 2.08. The van der Waals surface area contributed by atoms with Crippen molar-refractivity contribution in [3.63, 3.8) is 0 Å². The van der Waals surface area contributed by atoms with Crippen LogP contribution in [0.4, 0.5) is 0 Å². The highest BCUT2D eigenvalue weighted by Gasteiger charge is 2.20. The molecule has 2 aromatic carbocycles. The Kier molecular flexibility index (Phi) is 6.91. The van der Waals surface area contributed by atoms with Gasteiger partial charge in [0.1, 0.15) is 0 Å². The van der Waals surface area contributed by atoms with E-state index in [1.807, 2.05) is 30.3 Å². The molecule has 138 valence electrons. The standard InChI is InChI=1S/C19H22N2O4S/c1-2-26(24,25)17-11-7-6-10-16(17)19(23)20-13-12-18(22)21-14-15-8-4-3-5-9-15/h3-11H,2,12-14H2,1H3,(H,20,23)(H,21,22). The highest BCUT2D eigenvalue weighted by atomic mass is 32.2. The van der Waals surface area contributed by atoms with Gasteiger partial charge in [-0.15, -0.1) is 0 Å². The van der Waals surface area contributed by atoms with Gasteiger partial charge in [0.15, 0.2) is 9.84 Å². The SMILES string of the molecule is CCS(=O)(=O)c1ccccc1C(=O)NCCC(=O)NCc1ccccc1. The number of carbonyl (C=O) groups is 2. The van der Waals surface area contributed by atoms with Crippen molar-refractivity contribution in [3.8, 4) is 0 Å². The summed E-state index contributed by atoms with van der Waals surface area (Å²) in [5, 5.41) is 5.37. The number of nitrogens with one attached hydrogen (secondary N) is 2. The van der Waals surface area contributed by atoms with Gasteiger partial charge in [0, 0.05) is 19.5 Å². The van der Waals surface area contributed by atoms with E-state index < -0.39 is 15.7 Å². The molecule has 26 heavy (non-hydrogen) atoms. The van der Waals surface area contributed by atoms with E-state index in [0.717, 1.165) is 5.56 Å². The minimum Gasteiger partial charge on any atom is -0.352 e. The van der Waals surface area contributed by atoms with E-state index in [2.05, 4.69) is 10.6 Å². The monoisotopic (exact) mass is 374 g/mol. The molecule has 7 heteroatoms. The first-order valence-electron chi connectivity index (χ1n) is 8.34. The van der Waals surface area contributed by atoms with Gasteiger partial charge in [-0.1, -0.05) is 49.4 Å². The summed E-state index contributed by atoms with van der Waals surface area (Å²) in [5.74, 6) is -0.781. The van der Waals surface area contributed by atoms with E-state index in [9.17, 15) is 18.0 Å². The summed E-state index contributed by atoms with van der Waals surface area (Å²) in [6.07, 6.45) is 0.112. The highest BCUT2D eigenvalue weighted by molar-refractivity contribution is 7.91. The van der Waals surface area contributed by atoms with Crippen LogP contribution in [0.3, 0.4) is 0 Å². The quantitative estimate of drug-likeness (QED) is 0.738. The van der Waals surface area contributed by atoms with Crippen molar-refractivity contribution in [1.82, 2.24) is 10.6 Å². The Morgan fingerprint density at radius 2 is 1.58 bits per heavy atom. The Labute approximate surface area is 153 Å². The number of sulfone groups is 1. The van der Waals surface area contributed by atoms with Gasteiger partial charge in [0.05, 0.1) is 16.2 Å². The molecule has 0 aliphatic rings. The Bertz CT molecular complexity index is 864. The van der Waals surface area contributed by atoms with Gasteiger partial charge >= 0.3 is 0 Å². The molecule has 2 N–H and O–H groups in total. The molecule has 2 aromatic rings. The number of carbonyl (C=O) groups excluding carboxylic acids is 2. The first kappa shape index (κ1) is 19.7. The van der Waals surface area contributed by atoms with E-state index in [1.165, 1.54) is 19.1 Å². The Hall–Kier alpha value is -2.67. The fourth-order valence-corrected chi connectivity index (χ4v) is 3.44. The predicted octanol–water partition coefficient (Wildman–Crippen LogP) is 1.92. The third-order valence-corrected chi connectivity index (χ3v) is 5.60.